The van der Waals surface area contributed by atoms with E-state index in [0.29, 0.717) is 17.4 Å². The van der Waals surface area contributed by atoms with Crippen LogP contribution >= 0.6 is 0 Å². The first-order valence-electron chi connectivity index (χ1n) is 11.5. The summed E-state index contributed by atoms with van der Waals surface area (Å²) in [7, 11) is 3.49. The standard InChI is InChI=1S/C27H30N6O3/c1-27(2,3)32-24(34)17-36-22-8-6-7-19(13-22)25-28-15-23(18-9-11-21(35-5)12-10-18)26(31-25)30-20-14-29-33(4)16-20/h6-16H,17H2,1-5H3,(H,32,34)(H,28,30,31). The number of ether oxygens (including phenoxy) is 2. The number of hydrogen-bond donors (Lipinski definition) is 2. The van der Waals surface area contributed by atoms with Crippen molar-refractivity contribution in [2.45, 2.75) is 26.3 Å². The van der Waals surface area contributed by atoms with E-state index in [1.54, 1.807) is 30.3 Å². The Balaban J connectivity index is 1.62. The van der Waals surface area contributed by atoms with E-state index in [9.17, 15) is 4.79 Å². The molecule has 9 heteroatoms. The maximum Gasteiger partial charge on any atom is 0.258 e. The van der Waals surface area contributed by atoms with E-state index in [4.69, 9.17) is 14.5 Å². The molecule has 2 N–H and O–H groups in total. The van der Waals surface area contributed by atoms with Gasteiger partial charge in [0, 0.05) is 36.1 Å². The first-order valence-corrected chi connectivity index (χ1v) is 11.5. The van der Waals surface area contributed by atoms with E-state index in [-0.39, 0.29) is 18.1 Å². The number of nitrogens with zero attached hydrogens (tertiary/aromatic N) is 4. The van der Waals surface area contributed by atoms with Crippen molar-refractivity contribution in [2.24, 2.45) is 7.05 Å². The molecule has 2 aromatic carbocycles. The zero-order valence-corrected chi connectivity index (χ0v) is 21.1. The zero-order chi connectivity index (χ0) is 25.7. The Bertz CT molecular complexity index is 1340. The molecule has 0 saturated heterocycles. The molecule has 0 spiro atoms. The number of nitrogens with one attached hydrogen (secondary N) is 2. The summed E-state index contributed by atoms with van der Waals surface area (Å²) in [5, 5.41) is 10.5. The number of carbonyl (C=O) groups excluding carboxylic acids is 1. The Labute approximate surface area is 210 Å². The van der Waals surface area contributed by atoms with E-state index >= 15 is 0 Å². The average molecular weight is 487 g/mol. The number of amides is 1. The van der Waals surface area contributed by atoms with E-state index in [2.05, 4.69) is 20.7 Å². The van der Waals surface area contributed by atoms with E-state index in [0.717, 1.165) is 28.1 Å². The molecule has 0 atom stereocenters. The molecule has 0 aliphatic rings. The van der Waals surface area contributed by atoms with Gasteiger partial charge in [-0.25, -0.2) is 9.97 Å². The number of hydrogen-bond acceptors (Lipinski definition) is 7. The third-order valence-corrected chi connectivity index (χ3v) is 5.13. The number of aromatic nitrogens is 4. The molecule has 2 heterocycles. The number of anilines is 2. The Morgan fingerprint density at radius 1 is 1.03 bits per heavy atom. The number of benzene rings is 2. The monoisotopic (exact) mass is 486 g/mol. The molecule has 4 rings (SSSR count). The first kappa shape index (κ1) is 24.7. The van der Waals surface area contributed by atoms with Crippen molar-refractivity contribution < 1.29 is 14.3 Å². The molecule has 0 fully saturated rings. The molecular weight excluding hydrogens is 456 g/mol. The van der Waals surface area contributed by atoms with Gasteiger partial charge in [0.1, 0.15) is 17.3 Å². The van der Waals surface area contributed by atoms with Crippen LogP contribution in [0, 0.1) is 0 Å². The summed E-state index contributed by atoms with van der Waals surface area (Å²) >= 11 is 0. The van der Waals surface area contributed by atoms with E-state index in [1.165, 1.54) is 0 Å². The SMILES string of the molecule is COc1ccc(-c2cnc(-c3cccc(OCC(=O)NC(C)(C)C)c3)nc2Nc2cnn(C)c2)cc1. The van der Waals surface area contributed by atoms with Crippen LogP contribution in [0.5, 0.6) is 11.5 Å². The predicted molar refractivity (Wildman–Crippen MR) is 139 cm³/mol. The van der Waals surface area contributed by atoms with Crippen LogP contribution in [-0.2, 0) is 11.8 Å². The fourth-order valence-electron chi connectivity index (χ4n) is 3.55. The van der Waals surface area contributed by atoms with Crippen molar-refractivity contribution in [2.75, 3.05) is 19.0 Å². The molecule has 4 aromatic rings. The van der Waals surface area contributed by atoms with Crippen LogP contribution in [0.4, 0.5) is 11.5 Å². The molecule has 0 radical (unpaired) electrons. The summed E-state index contributed by atoms with van der Waals surface area (Å²) in [6, 6.07) is 15.1. The molecule has 0 aliphatic heterocycles. The minimum Gasteiger partial charge on any atom is -0.497 e. The lowest BCUT2D eigenvalue weighted by Crippen LogP contribution is -2.43. The number of methoxy groups -OCH3 is 1. The molecule has 1 amide bonds. The van der Waals surface area contributed by atoms with Gasteiger partial charge in [-0.1, -0.05) is 24.3 Å². The number of rotatable bonds is 8. The summed E-state index contributed by atoms with van der Waals surface area (Å²) in [5.74, 6) is 2.29. The maximum absolute atomic E-state index is 12.1. The second-order valence-corrected chi connectivity index (χ2v) is 9.33. The van der Waals surface area contributed by atoms with Crippen LogP contribution in [0.1, 0.15) is 20.8 Å². The van der Waals surface area contributed by atoms with Gasteiger partial charge in [0.25, 0.3) is 5.91 Å². The minimum absolute atomic E-state index is 0.0776. The normalized spacial score (nSPS) is 11.1. The van der Waals surface area contributed by atoms with Crippen LogP contribution in [-0.4, -0.2) is 44.9 Å². The summed E-state index contributed by atoms with van der Waals surface area (Å²) in [4.78, 5) is 21.6. The largest absolute Gasteiger partial charge is 0.497 e. The first-order chi connectivity index (χ1) is 17.2. The molecule has 186 valence electrons. The van der Waals surface area contributed by atoms with Crippen molar-refractivity contribution in [3.63, 3.8) is 0 Å². The number of carbonyl (C=O) groups is 1. The summed E-state index contributed by atoms with van der Waals surface area (Å²) < 4.78 is 12.7. The number of aryl methyl sites for hydroxylation is 1. The van der Waals surface area contributed by atoms with Crippen molar-refractivity contribution in [3.8, 4) is 34.0 Å². The van der Waals surface area contributed by atoms with Crippen LogP contribution in [0.15, 0.2) is 67.1 Å². The molecule has 2 aromatic heterocycles. The highest BCUT2D eigenvalue weighted by Gasteiger charge is 2.15. The quantitative estimate of drug-likeness (QED) is 0.375. The molecule has 0 aliphatic carbocycles. The van der Waals surface area contributed by atoms with Gasteiger partial charge in [0.15, 0.2) is 12.4 Å². The highest BCUT2D eigenvalue weighted by Crippen LogP contribution is 2.32. The fraction of sp³-hybridized carbons (Fsp3) is 0.259. The van der Waals surface area contributed by atoms with Crippen LogP contribution in [0.25, 0.3) is 22.5 Å². The second-order valence-electron chi connectivity index (χ2n) is 9.33. The van der Waals surface area contributed by atoms with E-state index in [1.807, 2.05) is 76.5 Å². The van der Waals surface area contributed by atoms with Crippen molar-refractivity contribution in [1.82, 2.24) is 25.1 Å². The predicted octanol–water partition coefficient (Wildman–Crippen LogP) is 4.59. The molecule has 0 saturated carbocycles. The van der Waals surface area contributed by atoms with Gasteiger partial charge in [-0.05, 0) is 50.6 Å². The Morgan fingerprint density at radius 2 is 1.81 bits per heavy atom. The fourth-order valence-corrected chi connectivity index (χ4v) is 3.55. The molecule has 0 bridgehead atoms. The Kier molecular flexibility index (Phi) is 7.19. The molecule has 36 heavy (non-hydrogen) atoms. The van der Waals surface area contributed by atoms with E-state index < -0.39 is 0 Å². The lowest BCUT2D eigenvalue weighted by molar-refractivity contribution is -0.124. The molecule has 0 unspecified atom stereocenters. The maximum atomic E-state index is 12.1. The Hall–Kier alpha value is -4.40. The zero-order valence-electron chi connectivity index (χ0n) is 21.1. The van der Waals surface area contributed by atoms with Crippen LogP contribution in [0.2, 0.25) is 0 Å². The lowest BCUT2D eigenvalue weighted by atomic mass is 10.1. The smallest absolute Gasteiger partial charge is 0.258 e. The average Bonchev–Trinajstić information content (AvgIpc) is 3.26. The highest BCUT2D eigenvalue weighted by molar-refractivity contribution is 5.80. The topological polar surface area (TPSA) is 103 Å². The van der Waals surface area contributed by atoms with Gasteiger partial charge < -0.3 is 20.1 Å². The van der Waals surface area contributed by atoms with Gasteiger partial charge >= 0.3 is 0 Å². The van der Waals surface area contributed by atoms with Gasteiger partial charge in [-0.3, -0.25) is 9.48 Å². The highest BCUT2D eigenvalue weighted by atomic mass is 16.5. The molecular formula is C27H30N6O3. The van der Waals surface area contributed by atoms with Crippen molar-refractivity contribution in [1.29, 1.82) is 0 Å². The van der Waals surface area contributed by atoms with Crippen LogP contribution < -0.4 is 20.1 Å². The minimum atomic E-state index is -0.320. The second kappa shape index (κ2) is 10.5. The lowest BCUT2D eigenvalue weighted by Gasteiger charge is -2.20. The third-order valence-electron chi connectivity index (χ3n) is 5.13. The third kappa shape index (κ3) is 6.38. The van der Waals surface area contributed by atoms with Crippen molar-refractivity contribution in [3.05, 3.63) is 67.1 Å². The molecule has 9 nitrogen and oxygen atoms in total. The van der Waals surface area contributed by atoms with Gasteiger partial charge in [-0.15, -0.1) is 0 Å². The van der Waals surface area contributed by atoms with Gasteiger partial charge in [0.05, 0.1) is 19.0 Å². The van der Waals surface area contributed by atoms with Gasteiger partial charge in [-0.2, -0.15) is 5.10 Å². The van der Waals surface area contributed by atoms with Crippen LogP contribution in [0.3, 0.4) is 0 Å². The summed E-state index contributed by atoms with van der Waals surface area (Å²) in [5.41, 5.74) is 3.02. The summed E-state index contributed by atoms with van der Waals surface area (Å²) in [6.07, 6.45) is 5.39. The summed E-state index contributed by atoms with van der Waals surface area (Å²) in [6.45, 7) is 5.70. The Morgan fingerprint density at radius 3 is 2.47 bits per heavy atom. The van der Waals surface area contributed by atoms with Crippen molar-refractivity contribution >= 4 is 17.4 Å². The van der Waals surface area contributed by atoms with Gasteiger partial charge in [0.2, 0.25) is 0 Å².